The molecule has 1 aliphatic heterocycles. The summed E-state index contributed by atoms with van der Waals surface area (Å²) in [6.07, 6.45) is 1.82. The topological polar surface area (TPSA) is 78.5 Å². The number of likely N-dealkylation sites (tertiary alicyclic amines) is 1. The third-order valence-electron chi connectivity index (χ3n) is 5.86. The SMILES string of the molecule is Cc1cccc(CN2CCC(NC(=O)c3ccc(NS(=O)(=O)c4ccccc4)cc3)CC2)c1. The lowest BCUT2D eigenvalue weighted by Gasteiger charge is -2.32. The standard InChI is InChI=1S/C26H29N3O3S/c1-20-6-5-7-21(18-20)19-29-16-14-23(15-17-29)27-26(30)22-10-12-24(13-11-22)28-33(31,32)25-8-3-2-4-9-25/h2-13,18,23,28H,14-17,19H2,1H3,(H,27,30). The highest BCUT2D eigenvalue weighted by Crippen LogP contribution is 2.18. The first-order valence-corrected chi connectivity index (χ1v) is 12.6. The number of hydrogen-bond donors (Lipinski definition) is 2. The quantitative estimate of drug-likeness (QED) is 0.551. The van der Waals surface area contributed by atoms with E-state index in [9.17, 15) is 13.2 Å². The second-order valence-corrected chi connectivity index (χ2v) is 10.2. The molecule has 0 radical (unpaired) electrons. The number of anilines is 1. The van der Waals surface area contributed by atoms with Crippen LogP contribution < -0.4 is 10.0 Å². The smallest absolute Gasteiger partial charge is 0.261 e. The summed E-state index contributed by atoms with van der Waals surface area (Å²) in [5.41, 5.74) is 3.52. The number of sulfonamides is 1. The Morgan fingerprint density at radius 1 is 0.939 bits per heavy atom. The zero-order valence-electron chi connectivity index (χ0n) is 18.7. The summed E-state index contributed by atoms with van der Waals surface area (Å²) in [5, 5.41) is 3.12. The fourth-order valence-corrected chi connectivity index (χ4v) is 5.16. The van der Waals surface area contributed by atoms with Crippen LogP contribution in [0.15, 0.2) is 83.8 Å². The lowest BCUT2D eigenvalue weighted by atomic mass is 10.0. The van der Waals surface area contributed by atoms with Gasteiger partial charge in [-0.3, -0.25) is 14.4 Å². The molecular weight excluding hydrogens is 434 g/mol. The van der Waals surface area contributed by atoms with Crippen molar-refractivity contribution >= 4 is 21.6 Å². The maximum atomic E-state index is 12.7. The van der Waals surface area contributed by atoms with Crippen molar-refractivity contribution in [3.05, 3.63) is 95.6 Å². The number of carbonyl (C=O) groups excluding carboxylic acids is 1. The van der Waals surface area contributed by atoms with E-state index in [-0.39, 0.29) is 16.8 Å². The van der Waals surface area contributed by atoms with Crippen molar-refractivity contribution in [2.24, 2.45) is 0 Å². The Kier molecular flexibility index (Phi) is 7.11. The second kappa shape index (κ2) is 10.2. The van der Waals surface area contributed by atoms with Gasteiger partial charge in [0, 0.05) is 36.9 Å². The number of benzene rings is 3. The van der Waals surface area contributed by atoms with Crippen LogP contribution >= 0.6 is 0 Å². The Morgan fingerprint density at radius 3 is 2.30 bits per heavy atom. The highest BCUT2D eigenvalue weighted by molar-refractivity contribution is 7.92. The summed E-state index contributed by atoms with van der Waals surface area (Å²) < 4.78 is 27.4. The molecule has 33 heavy (non-hydrogen) atoms. The molecule has 1 heterocycles. The normalized spacial score (nSPS) is 15.2. The first kappa shape index (κ1) is 23.0. The first-order chi connectivity index (χ1) is 15.9. The average Bonchev–Trinajstić information content (AvgIpc) is 2.81. The van der Waals surface area contributed by atoms with Crippen LogP contribution in [0.4, 0.5) is 5.69 Å². The van der Waals surface area contributed by atoms with Crippen LogP contribution in [0.1, 0.15) is 34.3 Å². The molecule has 0 aliphatic carbocycles. The molecule has 0 saturated carbocycles. The zero-order chi connectivity index (χ0) is 23.3. The van der Waals surface area contributed by atoms with Crippen molar-refractivity contribution in [3.8, 4) is 0 Å². The minimum absolute atomic E-state index is 0.135. The van der Waals surface area contributed by atoms with E-state index in [0.29, 0.717) is 11.3 Å². The van der Waals surface area contributed by atoms with E-state index in [1.54, 1.807) is 42.5 Å². The molecular formula is C26H29N3O3S. The molecule has 4 rings (SSSR count). The van der Waals surface area contributed by atoms with E-state index in [4.69, 9.17) is 0 Å². The van der Waals surface area contributed by atoms with Gasteiger partial charge in [0.15, 0.2) is 0 Å². The summed E-state index contributed by atoms with van der Waals surface area (Å²) in [5.74, 6) is -0.135. The van der Waals surface area contributed by atoms with Gasteiger partial charge in [-0.2, -0.15) is 0 Å². The van der Waals surface area contributed by atoms with Crippen LogP contribution in [0.5, 0.6) is 0 Å². The van der Waals surface area contributed by atoms with Crippen LogP contribution in [0.25, 0.3) is 0 Å². The molecule has 1 aliphatic rings. The van der Waals surface area contributed by atoms with Crippen molar-refractivity contribution in [1.82, 2.24) is 10.2 Å². The van der Waals surface area contributed by atoms with E-state index in [0.717, 1.165) is 32.5 Å². The lowest BCUT2D eigenvalue weighted by molar-refractivity contribution is 0.0909. The molecule has 7 heteroatoms. The van der Waals surface area contributed by atoms with Crippen molar-refractivity contribution in [2.75, 3.05) is 17.8 Å². The van der Waals surface area contributed by atoms with Gasteiger partial charge in [0.05, 0.1) is 4.90 Å². The fraction of sp³-hybridized carbons (Fsp3) is 0.269. The van der Waals surface area contributed by atoms with Crippen molar-refractivity contribution < 1.29 is 13.2 Å². The van der Waals surface area contributed by atoms with Gasteiger partial charge in [-0.25, -0.2) is 8.42 Å². The molecule has 0 aromatic heterocycles. The summed E-state index contributed by atoms with van der Waals surface area (Å²) in [7, 11) is -3.65. The van der Waals surface area contributed by atoms with Crippen molar-refractivity contribution in [1.29, 1.82) is 0 Å². The molecule has 0 atom stereocenters. The Hall–Kier alpha value is -3.16. The molecule has 3 aromatic carbocycles. The third-order valence-corrected chi connectivity index (χ3v) is 7.26. The van der Waals surface area contributed by atoms with Gasteiger partial charge in [0.25, 0.3) is 15.9 Å². The van der Waals surface area contributed by atoms with E-state index < -0.39 is 10.0 Å². The molecule has 1 amide bonds. The predicted molar refractivity (Wildman–Crippen MR) is 131 cm³/mol. The van der Waals surface area contributed by atoms with Gasteiger partial charge in [-0.15, -0.1) is 0 Å². The number of nitrogens with zero attached hydrogens (tertiary/aromatic N) is 1. The van der Waals surface area contributed by atoms with Gasteiger partial charge in [0.2, 0.25) is 0 Å². The number of hydrogen-bond acceptors (Lipinski definition) is 4. The minimum atomic E-state index is -3.65. The number of aryl methyl sites for hydroxylation is 1. The Morgan fingerprint density at radius 2 is 1.64 bits per heavy atom. The number of piperidine rings is 1. The Labute approximate surface area is 195 Å². The molecule has 2 N–H and O–H groups in total. The van der Waals surface area contributed by atoms with E-state index in [2.05, 4.69) is 46.1 Å². The second-order valence-electron chi connectivity index (χ2n) is 8.51. The lowest BCUT2D eigenvalue weighted by Crippen LogP contribution is -2.44. The van der Waals surface area contributed by atoms with E-state index in [1.807, 2.05) is 0 Å². The molecule has 6 nitrogen and oxygen atoms in total. The number of carbonyl (C=O) groups is 1. The molecule has 3 aromatic rings. The van der Waals surface area contributed by atoms with Crippen LogP contribution in [-0.2, 0) is 16.6 Å². The summed E-state index contributed by atoms with van der Waals surface area (Å²) in [6, 6.07) is 23.4. The van der Waals surface area contributed by atoms with Gasteiger partial charge in [-0.05, 0) is 61.7 Å². The largest absolute Gasteiger partial charge is 0.349 e. The number of rotatable bonds is 7. The number of amides is 1. The van der Waals surface area contributed by atoms with Crippen LogP contribution in [0, 0.1) is 6.92 Å². The maximum absolute atomic E-state index is 12.7. The molecule has 172 valence electrons. The summed E-state index contributed by atoms with van der Waals surface area (Å²) in [6.45, 7) is 4.93. The monoisotopic (exact) mass is 463 g/mol. The third kappa shape index (κ3) is 6.21. The van der Waals surface area contributed by atoms with Gasteiger partial charge in [0.1, 0.15) is 0 Å². The van der Waals surface area contributed by atoms with Crippen molar-refractivity contribution in [2.45, 2.75) is 37.2 Å². The summed E-state index contributed by atoms with van der Waals surface area (Å²) >= 11 is 0. The highest BCUT2D eigenvalue weighted by Gasteiger charge is 2.21. The molecule has 1 saturated heterocycles. The van der Waals surface area contributed by atoms with E-state index in [1.165, 1.54) is 23.3 Å². The maximum Gasteiger partial charge on any atom is 0.261 e. The number of nitrogens with one attached hydrogen (secondary N) is 2. The van der Waals surface area contributed by atoms with Gasteiger partial charge in [-0.1, -0.05) is 48.0 Å². The Balaban J connectivity index is 1.28. The Bertz CT molecular complexity index is 1190. The fourth-order valence-electron chi connectivity index (χ4n) is 4.08. The zero-order valence-corrected chi connectivity index (χ0v) is 19.5. The van der Waals surface area contributed by atoms with E-state index >= 15 is 0 Å². The van der Waals surface area contributed by atoms with Crippen LogP contribution in [0.3, 0.4) is 0 Å². The van der Waals surface area contributed by atoms with Gasteiger partial charge >= 0.3 is 0 Å². The molecule has 1 fully saturated rings. The first-order valence-electron chi connectivity index (χ1n) is 11.2. The minimum Gasteiger partial charge on any atom is -0.349 e. The van der Waals surface area contributed by atoms with Crippen molar-refractivity contribution in [3.63, 3.8) is 0 Å². The highest BCUT2D eigenvalue weighted by atomic mass is 32.2. The molecule has 0 bridgehead atoms. The summed E-state index contributed by atoms with van der Waals surface area (Å²) in [4.78, 5) is 15.3. The van der Waals surface area contributed by atoms with Gasteiger partial charge < -0.3 is 5.32 Å². The van der Waals surface area contributed by atoms with Crippen LogP contribution in [0.2, 0.25) is 0 Å². The average molecular weight is 464 g/mol. The molecule has 0 unspecified atom stereocenters. The van der Waals surface area contributed by atoms with Crippen LogP contribution in [-0.4, -0.2) is 38.4 Å². The predicted octanol–water partition coefficient (Wildman–Crippen LogP) is 4.19. The molecule has 0 spiro atoms.